The van der Waals surface area contributed by atoms with E-state index < -0.39 is 11.6 Å². The van der Waals surface area contributed by atoms with Gasteiger partial charge in [-0.25, -0.2) is 8.78 Å². The number of rotatable bonds is 7. The number of hydrogen-bond acceptors (Lipinski definition) is 4. The molecular formula is C20H17F2NO4. The van der Waals surface area contributed by atoms with Gasteiger partial charge in [0.05, 0.1) is 0 Å². The summed E-state index contributed by atoms with van der Waals surface area (Å²) in [7, 11) is 0. The van der Waals surface area contributed by atoms with Crippen molar-refractivity contribution in [2.45, 2.75) is 13.0 Å². The molecule has 3 rings (SSSR count). The lowest BCUT2D eigenvalue weighted by Gasteiger charge is -2.06. The molecule has 1 amide bonds. The maximum absolute atomic E-state index is 13.5. The SMILES string of the molecule is O=C(NCCc1ccc(O)cc1)c1ccc(COc2ccc(F)cc2F)o1. The summed E-state index contributed by atoms with van der Waals surface area (Å²) in [5.41, 5.74) is 0.975. The second-order valence-electron chi connectivity index (χ2n) is 5.80. The van der Waals surface area contributed by atoms with Crippen LogP contribution in [-0.4, -0.2) is 17.6 Å². The standard InChI is InChI=1S/C20H17F2NO4/c21-14-3-7-18(17(22)11-14)26-12-16-6-8-19(27-16)20(25)23-10-9-13-1-4-15(24)5-2-13/h1-8,11,24H,9-10,12H2,(H,23,25). The predicted molar refractivity (Wildman–Crippen MR) is 93.5 cm³/mol. The summed E-state index contributed by atoms with van der Waals surface area (Å²) >= 11 is 0. The van der Waals surface area contributed by atoms with E-state index in [1.165, 1.54) is 12.1 Å². The number of ether oxygens (including phenoxy) is 1. The number of carbonyl (C=O) groups is 1. The highest BCUT2D eigenvalue weighted by Gasteiger charge is 2.12. The first kappa shape index (κ1) is 18.4. The summed E-state index contributed by atoms with van der Waals surface area (Å²) in [4.78, 5) is 12.1. The lowest BCUT2D eigenvalue weighted by molar-refractivity contribution is 0.0922. The van der Waals surface area contributed by atoms with Crippen molar-refractivity contribution >= 4 is 5.91 Å². The van der Waals surface area contributed by atoms with Gasteiger partial charge in [-0.3, -0.25) is 4.79 Å². The molecule has 0 aliphatic carbocycles. The Labute approximate surface area is 154 Å². The maximum Gasteiger partial charge on any atom is 0.287 e. The molecule has 0 spiro atoms. The van der Waals surface area contributed by atoms with Crippen LogP contribution in [0.15, 0.2) is 59.0 Å². The molecule has 0 aliphatic rings. The summed E-state index contributed by atoms with van der Waals surface area (Å²) < 4.78 is 37.0. The molecule has 0 saturated heterocycles. The topological polar surface area (TPSA) is 71.7 Å². The largest absolute Gasteiger partial charge is 0.508 e. The van der Waals surface area contributed by atoms with Gasteiger partial charge in [-0.1, -0.05) is 12.1 Å². The van der Waals surface area contributed by atoms with Crippen LogP contribution in [0.3, 0.4) is 0 Å². The lowest BCUT2D eigenvalue weighted by atomic mass is 10.1. The van der Waals surface area contributed by atoms with Gasteiger partial charge in [-0.15, -0.1) is 0 Å². The predicted octanol–water partition coefficient (Wildman–Crippen LogP) is 3.81. The van der Waals surface area contributed by atoms with Crippen LogP contribution in [0.25, 0.3) is 0 Å². The molecule has 0 fully saturated rings. The van der Waals surface area contributed by atoms with Crippen LogP contribution < -0.4 is 10.1 Å². The van der Waals surface area contributed by atoms with E-state index in [1.54, 1.807) is 30.3 Å². The number of aromatic hydroxyl groups is 1. The van der Waals surface area contributed by atoms with Crippen LogP contribution in [0.2, 0.25) is 0 Å². The number of amides is 1. The van der Waals surface area contributed by atoms with E-state index in [0.717, 1.165) is 17.7 Å². The Kier molecular flexibility index (Phi) is 5.71. The number of furan rings is 1. The summed E-state index contributed by atoms with van der Waals surface area (Å²) in [6.45, 7) is 0.306. The van der Waals surface area contributed by atoms with Gasteiger partial charge in [0.1, 0.15) is 23.9 Å². The van der Waals surface area contributed by atoms with Crippen LogP contribution in [0.5, 0.6) is 11.5 Å². The molecule has 2 N–H and O–H groups in total. The van der Waals surface area contributed by atoms with Gasteiger partial charge in [0.15, 0.2) is 17.3 Å². The number of nitrogens with one attached hydrogen (secondary N) is 1. The molecule has 0 bridgehead atoms. The Balaban J connectivity index is 1.49. The fraction of sp³-hybridized carbons (Fsp3) is 0.150. The Bertz CT molecular complexity index is 922. The summed E-state index contributed by atoms with van der Waals surface area (Å²) in [5.74, 6) is -1.35. The van der Waals surface area contributed by atoms with Crippen molar-refractivity contribution in [2.24, 2.45) is 0 Å². The van der Waals surface area contributed by atoms with E-state index in [9.17, 15) is 18.7 Å². The Morgan fingerprint density at radius 1 is 1.07 bits per heavy atom. The molecule has 7 heteroatoms. The van der Waals surface area contributed by atoms with Gasteiger partial charge in [0.25, 0.3) is 5.91 Å². The zero-order valence-corrected chi connectivity index (χ0v) is 14.2. The van der Waals surface area contributed by atoms with Gasteiger partial charge in [0, 0.05) is 12.6 Å². The zero-order chi connectivity index (χ0) is 19.2. The number of halogens is 2. The van der Waals surface area contributed by atoms with Crippen molar-refractivity contribution in [1.29, 1.82) is 0 Å². The Morgan fingerprint density at radius 3 is 2.59 bits per heavy atom. The first-order valence-corrected chi connectivity index (χ1v) is 8.24. The van der Waals surface area contributed by atoms with Crippen LogP contribution in [0.4, 0.5) is 8.78 Å². The third-order valence-electron chi connectivity index (χ3n) is 3.78. The first-order valence-electron chi connectivity index (χ1n) is 8.24. The van der Waals surface area contributed by atoms with Gasteiger partial charge >= 0.3 is 0 Å². The average molecular weight is 373 g/mol. The van der Waals surface area contributed by atoms with Crippen molar-refractivity contribution < 1.29 is 27.8 Å². The molecule has 3 aromatic rings. The summed E-state index contributed by atoms with van der Waals surface area (Å²) in [5, 5.41) is 12.0. The molecule has 0 radical (unpaired) electrons. The third-order valence-corrected chi connectivity index (χ3v) is 3.78. The van der Waals surface area contributed by atoms with Crippen molar-refractivity contribution in [3.63, 3.8) is 0 Å². The number of carbonyl (C=O) groups excluding carboxylic acids is 1. The molecule has 27 heavy (non-hydrogen) atoms. The molecule has 1 aromatic heterocycles. The first-order chi connectivity index (χ1) is 13.0. The zero-order valence-electron chi connectivity index (χ0n) is 14.2. The minimum atomic E-state index is -0.811. The van der Waals surface area contributed by atoms with E-state index in [1.807, 2.05) is 0 Å². The van der Waals surface area contributed by atoms with Gasteiger partial charge in [-0.05, 0) is 48.4 Å². The number of phenolic OH excluding ortho intramolecular Hbond substituents is 1. The summed E-state index contributed by atoms with van der Waals surface area (Å²) in [6, 6.07) is 12.8. The van der Waals surface area contributed by atoms with Crippen molar-refractivity contribution in [2.75, 3.05) is 6.54 Å². The van der Waals surface area contributed by atoms with Gasteiger partial charge in [-0.2, -0.15) is 0 Å². The van der Waals surface area contributed by atoms with E-state index in [2.05, 4.69) is 5.32 Å². The lowest BCUT2D eigenvalue weighted by Crippen LogP contribution is -2.25. The molecule has 1 heterocycles. The molecule has 0 aliphatic heterocycles. The van der Waals surface area contributed by atoms with Crippen molar-refractivity contribution in [3.8, 4) is 11.5 Å². The fourth-order valence-electron chi connectivity index (χ4n) is 2.39. The smallest absolute Gasteiger partial charge is 0.287 e. The molecule has 0 atom stereocenters. The van der Waals surface area contributed by atoms with Crippen LogP contribution >= 0.6 is 0 Å². The normalized spacial score (nSPS) is 10.6. The van der Waals surface area contributed by atoms with Crippen LogP contribution in [0, 0.1) is 11.6 Å². The second kappa shape index (κ2) is 8.35. The average Bonchev–Trinajstić information content (AvgIpc) is 3.12. The van der Waals surface area contributed by atoms with E-state index in [0.29, 0.717) is 18.7 Å². The molecule has 2 aromatic carbocycles. The minimum Gasteiger partial charge on any atom is -0.508 e. The molecule has 0 unspecified atom stereocenters. The number of hydrogen-bond donors (Lipinski definition) is 2. The highest BCUT2D eigenvalue weighted by Crippen LogP contribution is 2.19. The molecular weight excluding hydrogens is 356 g/mol. The quantitative estimate of drug-likeness (QED) is 0.661. The number of benzene rings is 2. The van der Waals surface area contributed by atoms with E-state index in [-0.39, 0.29) is 29.8 Å². The van der Waals surface area contributed by atoms with Gasteiger partial charge in [0.2, 0.25) is 0 Å². The second-order valence-corrected chi connectivity index (χ2v) is 5.80. The molecule has 0 saturated carbocycles. The van der Waals surface area contributed by atoms with Crippen LogP contribution in [0.1, 0.15) is 21.9 Å². The van der Waals surface area contributed by atoms with Gasteiger partial charge < -0.3 is 19.6 Å². The Hall–Kier alpha value is -3.35. The highest BCUT2D eigenvalue weighted by molar-refractivity contribution is 5.91. The van der Waals surface area contributed by atoms with E-state index >= 15 is 0 Å². The molecule has 5 nitrogen and oxygen atoms in total. The Morgan fingerprint density at radius 2 is 1.85 bits per heavy atom. The number of phenols is 1. The van der Waals surface area contributed by atoms with Crippen LogP contribution in [-0.2, 0) is 13.0 Å². The van der Waals surface area contributed by atoms with E-state index in [4.69, 9.17) is 9.15 Å². The minimum absolute atomic E-state index is 0.0939. The summed E-state index contributed by atoms with van der Waals surface area (Å²) in [6.07, 6.45) is 0.604. The third kappa shape index (κ3) is 5.07. The highest BCUT2D eigenvalue weighted by atomic mass is 19.1. The monoisotopic (exact) mass is 373 g/mol. The fourth-order valence-corrected chi connectivity index (χ4v) is 2.39. The van der Waals surface area contributed by atoms with Crippen molar-refractivity contribution in [3.05, 3.63) is 83.3 Å². The maximum atomic E-state index is 13.5. The van der Waals surface area contributed by atoms with Crippen molar-refractivity contribution in [1.82, 2.24) is 5.32 Å². The molecule has 140 valence electrons.